The summed E-state index contributed by atoms with van der Waals surface area (Å²) in [4.78, 5) is 7.96. The Morgan fingerprint density at radius 3 is 2.79 bits per heavy atom. The van der Waals surface area contributed by atoms with Crippen LogP contribution in [0.1, 0.15) is 11.1 Å². The van der Waals surface area contributed by atoms with E-state index < -0.39 is 0 Å². The summed E-state index contributed by atoms with van der Waals surface area (Å²) < 4.78 is 1.09. The van der Waals surface area contributed by atoms with E-state index in [4.69, 9.17) is 5.73 Å². The van der Waals surface area contributed by atoms with Crippen LogP contribution in [0, 0.1) is 6.92 Å². The fourth-order valence-electron chi connectivity index (χ4n) is 2.06. The Balaban J connectivity index is 2.11. The van der Waals surface area contributed by atoms with Crippen molar-refractivity contribution >= 4 is 27.0 Å². The van der Waals surface area contributed by atoms with Crippen LogP contribution in [-0.4, -0.2) is 9.97 Å². The SMILES string of the molecule is Cc1ccc(-c2nc3ccc(CN)cc3[nH]2)cc1Br. The Hall–Kier alpha value is -1.65. The molecule has 0 saturated carbocycles. The quantitative estimate of drug-likeness (QED) is 0.756. The monoisotopic (exact) mass is 315 g/mol. The third-order valence-electron chi connectivity index (χ3n) is 3.23. The van der Waals surface area contributed by atoms with Crippen LogP contribution in [0.15, 0.2) is 40.9 Å². The van der Waals surface area contributed by atoms with Crippen molar-refractivity contribution in [3.63, 3.8) is 0 Å². The van der Waals surface area contributed by atoms with E-state index in [2.05, 4.69) is 57.1 Å². The minimum Gasteiger partial charge on any atom is -0.338 e. The van der Waals surface area contributed by atoms with E-state index in [-0.39, 0.29) is 0 Å². The van der Waals surface area contributed by atoms with Crippen LogP contribution in [0.25, 0.3) is 22.4 Å². The van der Waals surface area contributed by atoms with Gasteiger partial charge in [0, 0.05) is 16.6 Å². The van der Waals surface area contributed by atoms with Gasteiger partial charge in [-0.3, -0.25) is 0 Å². The number of aromatic amines is 1. The molecule has 3 nitrogen and oxygen atoms in total. The maximum Gasteiger partial charge on any atom is 0.138 e. The number of aryl methyl sites for hydroxylation is 1. The van der Waals surface area contributed by atoms with Crippen molar-refractivity contribution in [1.82, 2.24) is 9.97 Å². The molecular formula is C15H14BrN3. The molecule has 1 heterocycles. The first-order valence-electron chi connectivity index (χ1n) is 6.12. The summed E-state index contributed by atoms with van der Waals surface area (Å²) >= 11 is 3.55. The average Bonchev–Trinajstić information content (AvgIpc) is 2.84. The number of halogens is 1. The zero-order valence-electron chi connectivity index (χ0n) is 10.6. The smallest absolute Gasteiger partial charge is 0.138 e. The topological polar surface area (TPSA) is 54.7 Å². The van der Waals surface area contributed by atoms with E-state index in [1.807, 2.05) is 12.1 Å². The molecule has 2 aromatic carbocycles. The normalized spacial score (nSPS) is 11.1. The summed E-state index contributed by atoms with van der Waals surface area (Å²) in [6.45, 7) is 2.61. The molecule has 0 amide bonds. The van der Waals surface area contributed by atoms with E-state index in [9.17, 15) is 0 Å². The molecule has 0 saturated heterocycles. The molecule has 3 N–H and O–H groups in total. The number of rotatable bonds is 2. The number of hydrogen-bond donors (Lipinski definition) is 2. The number of nitrogens with zero attached hydrogens (tertiary/aromatic N) is 1. The zero-order chi connectivity index (χ0) is 13.4. The number of nitrogens with one attached hydrogen (secondary N) is 1. The summed E-state index contributed by atoms with van der Waals surface area (Å²) in [6.07, 6.45) is 0. The van der Waals surface area contributed by atoms with E-state index in [0.29, 0.717) is 6.54 Å². The Labute approximate surface area is 120 Å². The lowest BCUT2D eigenvalue weighted by Gasteiger charge is -2.00. The van der Waals surface area contributed by atoms with Crippen molar-refractivity contribution in [3.05, 3.63) is 52.0 Å². The molecular weight excluding hydrogens is 302 g/mol. The van der Waals surface area contributed by atoms with Gasteiger partial charge in [-0.25, -0.2) is 4.98 Å². The van der Waals surface area contributed by atoms with Gasteiger partial charge >= 0.3 is 0 Å². The molecule has 0 spiro atoms. The Morgan fingerprint density at radius 1 is 1.21 bits per heavy atom. The molecule has 96 valence electrons. The van der Waals surface area contributed by atoms with E-state index in [1.54, 1.807) is 0 Å². The van der Waals surface area contributed by atoms with Gasteiger partial charge in [-0.15, -0.1) is 0 Å². The maximum atomic E-state index is 5.65. The van der Waals surface area contributed by atoms with Gasteiger partial charge in [-0.1, -0.05) is 34.1 Å². The lowest BCUT2D eigenvalue weighted by molar-refractivity contribution is 1.07. The Kier molecular flexibility index (Phi) is 3.12. The molecule has 0 fully saturated rings. The minimum atomic E-state index is 0.542. The lowest BCUT2D eigenvalue weighted by Crippen LogP contribution is -1.95. The highest BCUT2D eigenvalue weighted by atomic mass is 79.9. The van der Waals surface area contributed by atoms with E-state index >= 15 is 0 Å². The van der Waals surface area contributed by atoms with E-state index in [0.717, 1.165) is 32.5 Å². The molecule has 0 bridgehead atoms. The van der Waals surface area contributed by atoms with Crippen molar-refractivity contribution in [2.75, 3.05) is 0 Å². The largest absolute Gasteiger partial charge is 0.338 e. The van der Waals surface area contributed by atoms with Gasteiger partial charge < -0.3 is 10.7 Å². The van der Waals surface area contributed by atoms with Crippen molar-refractivity contribution in [2.45, 2.75) is 13.5 Å². The Morgan fingerprint density at radius 2 is 2.05 bits per heavy atom. The van der Waals surface area contributed by atoms with Crippen LogP contribution < -0.4 is 5.73 Å². The van der Waals surface area contributed by atoms with Gasteiger partial charge in [0.2, 0.25) is 0 Å². The minimum absolute atomic E-state index is 0.542. The summed E-state index contributed by atoms with van der Waals surface area (Å²) in [7, 11) is 0. The third kappa shape index (κ3) is 2.29. The number of benzene rings is 2. The highest BCUT2D eigenvalue weighted by Gasteiger charge is 2.07. The molecule has 3 aromatic rings. The predicted molar refractivity (Wildman–Crippen MR) is 81.9 cm³/mol. The van der Waals surface area contributed by atoms with Crippen LogP contribution in [0.3, 0.4) is 0 Å². The maximum absolute atomic E-state index is 5.65. The molecule has 1 aromatic heterocycles. The van der Waals surface area contributed by atoms with Crippen molar-refractivity contribution in [1.29, 1.82) is 0 Å². The summed E-state index contributed by atoms with van der Waals surface area (Å²) in [6, 6.07) is 12.3. The van der Waals surface area contributed by atoms with Gasteiger partial charge in [-0.2, -0.15) is 0 Å². The molecule has 19 heavy (non-hydrogen) atoms. The second kappa shape index (κ2) is 4.79. The zero-order valence-corrected chi connectivity index (χ0v) is 12.2. The van der Waals surface area contributed by atoms with Crippen LogP contribution in [-0.2, 0) is 6.54 Å². The number of aromatic nitrogens is 2. The number of fused-ring (bicyclic) bond motifs is 1. The highest BCUT2D eigenvalue weighted by molar-refractivity contribution is 9.10. The number of nitrogens with two attached hydrogens (primary N) is 1. The lowest BCUT2D eigenvalue weighted by atomic mass is 10.1. The van der Waals surface area contributed by atoms with Crippen LogP contribution >= 0.6 is 15.9 Å². The average molecular weight is 316 g/mol. The van der Waals surface area contributed by atoms with Gasteiger partial charge in [0.25, 0.3) is 0 Å². The molecule has 0 aliphatic rings. The molecule has 3 rings (SSSR count). The number of imidazole rings is 1. The molecule has 0 unspecified atom stereocenters. The standard InChI is InChI=1S/C15H14BrN3/c1-9-2-4-11(7-12(9)16)15-18-13-5-3-10(8-17)6-14(13)19-15/h2-7H,8,17H2,1H3,(H,18,19). The highest BCUT2D eigenvalue weighted by Crippen LogP contribution is 2.25. The first-order valence-corrected chi connectivity index (χ1v) is 6.92. The fourth-order valence-corrected chi connectivity index (χ4v) is 2.44. The molecule has 0 atom stereocenters. The first kappa shape index (κ1) is 12.4. The number of H-pyrrole nitrogens is 1. The summed E-state index contributed by atoms with van der Waals surface area (Å²) in [5, 5.41) is 0. The van der Waals surface area contributed by atoms with Crippen LogP contribution in [0.4, 0.5) is 0 Å². The third-order valence-corrected chi connectivity index (χ3v) is 4.08. The van der Waals surface area contributed by atoms with Crippen LogP contribution in [0.5, 0.6) is 0 Å². The van der Waals surface area contributed by atoms with Gasteiger partial charge in [0.05, 0.1) is 11.0 Å². The molecule has 0 aliphatic heterocycles. The van der Waals surface area contributed by atoms with Gasteiger partial charge in [-0.05, 0) is 36.2 Å². The number of hydrogen-bond acceptors (Lipinski definition) is 2. The summed E-state index contributed by atoms with van der Waals surface area (Å²) in [5.41, 5.74) is 11.0. The first-order chi connectivity index (χ1) is 9.17. The van der Waals surface area contributed by atoms with Gasteiger partial charge in [0.15, 0.2) is 0 Å². The second-order valence-corrected chi connectivity index (χ2v) is 5.46. The molecule has 0 radical (unpaired) electrons. The second-order valence-electron chi connectivity index (χ2n) is 4.60. The van der Waals surface area contributed by atoms with Crippen molar-refractivity contribution in [3.8, 4) is 11.4 Å². The van der Waals surface area contributed by atoms with E-state index in [1.165, 1.54) is 5.56 Å². The van der Waals surface area contributed by atoms with Crippen LogP contribution in [0.2, 0.25) is 0 Å². The van der Waals surface area contributed by atoms with Crippen molar-refractivity contribution < 1.29 is 0 Å². The predicted octanol–water partition coefficient (Wildman–Crippen LogP) is 3.76. The molecule has 4 heteroatoms. The van der Waals surface area contributed by atoms with Crippen molar-refractivity contribution in [2.24, 2.45) is 5.73 Å². The summed E-state index contributed by atoms with van der Waals surface area (Å²) in [5.74, 6) is 0.880. The Bertz CT molecular complexity index is 746. The fraction of sp³-hybridized carbons (Fsp3) is 0.133. The molecule has 0 aliphatic carbocycles. The van der Waals surface area contributed by atoms with Gasteiger partial charge in [0.1, 0.15) is 5.82 Å².